The lowest BCUT2D eigenvalue weighted by molar-refractivity contribution is -0.141. The molecule has 6 heterocycles. The van der Waals surface area contributed by atoms with Gasteiger partial charge in [-0.25, -0.2) is 4.79 Å². The average Bonchev–Trinajstić information content (AvgIpc) is 3.26. The number of carbonyl (C=O) groups is 1. The highest BCUT2D eigenvalue weighted by molar-refractivity contribution is 5.96. The van der Waals surface area contributed by atoms with Gasteiger partial charge in [0.15, 0.2) is 5.82 Å². The second-order valence-corrected chi connectivity index (χ2v) is 11.4. The number of amides is 2. The molecule has 1 aliphatic carbocycles. The van der Waals surface area contributed by atoms with E-state index < -0.39 is 12.7 Å². The van der Waals surface area contributed by atoms with Crippen LogP contribution in [0.15, 0.2) is 18.5 Å². The number of piperazine rings is 1. The number of hydrogen-bond acceptors (Lipinski definition) is 6. The summed E-state index contributed by atoms with van der Waals surface area (Å²) in [4.78, 5) is 24.3. The minimum Gasteiger partial charge on any atom is -0.352 e. The number of nitrogens with one attached hydrogen (secondary N) is 2. The van der Waals surface area contributed by atoms with Gasteiger partial charge in [0.05, 0.1) is 28.5 Å². The van der Waals surface area contributed by atoms with Gasteiger partial charge in [-0.3, -0.25) is 19.7 Å². The minimum absolute atomic E-state index is 0.0200. The molecule has 1 atom stereocenters. The first-order valence-electron chi connectivity index (χ1n) is 13.8. The number of nitrogens with zero attached hydrogens (tertiary/aromatic N) is 7. The Kier molecular flexibility index (Phi) is 5.76. The van der Waals surface area contributed by atoms with Gasteiger partial charge in [-0.2, -0.15) is 23.4 Å². The van der Waals surface area contributed by atoms with E-state index in [4.69, 9.17) is 0 Å². The smallest absolute Gasteiger partial charge is 0.352 e. The van der Waals surface area contributed by atoms with Crippen molar-refractivity contribution >= 4 is 28.4 Å². The summed E-state index contributed by atoms with van der Waals surface area (Å²) in [6.07, 6.45) is 6.11. The summed E-state index contributed by atoms with van der Waals surface area (Å²) in [7, 11) is 0. The third-order valence-corrected chi connectivity index (χ3v) is 8.89. The fourth-order valence-electron chi connectivity index (χ4n) is 6.73. The van der Waals surface area contributed by atoms with Crippen LogP contribution in [0.4, 0.5) is 29.5 Å². The zero-order valence-electron chi connectivity index (χ0n) is 21.7. The minimum atomic E-state index is -4.43. The highest BCUT2D eigenvalue weighted by Gasteiger charge is 2.51. The van der Waals surface area contributed by atoms with Gasteiger partial charge >= 0.3 is 12.2 Å². The van der Waals surface area contributed by atoms with Crippen LogP contribution in [0.1, 0.15) is 44.9 Å². The molecule has 7 rings (SSSR count). The van der Waals surface area contributed by atoms with Crippen molar-refractivity contribution < 1.29 is 18.0 Å². The Morgan fingerprint density at radius 2 is 1.97 bits per heavy atom. The van der Waals surface area contributed by atoms with E-state index in [0.29, 0.717) is 46.4 Å². The van der Waals surface area contributed by atoms with E-state index in [0.717, 1.165) is 75.8 Å². The Hall–Kier alpha value is -3.35. The summed E-state index contributed by atoms with van der Waals surface area (Å²) in [5, 5.41) is 15.0. The molecule has 0 aromatic carbocycles. The lowest BCUT2D eigenvalue weighted by Crippen LogP contribution is -2.50. The van der Waals surface area contributed by atoms with E-state index in [1.807, 2.05) is 4.90 Å². The van der Waals surface area contributed by atoms with Crippen LogP contribution in [0.25, 0.3) is 22.3 Å². The Morgan fingerprint density at radius 1 is 1.10 bits per heavy atom. The molecule has 1 spiro atoms. The predicted octanol–water partition coefficient (Wildman–Crippen LogP) is 4.22. The number of aromatic nitrogens is 5. The molecule has 39 heavy (non-hydrogen) atoms. The highest BCUT2D eigenvalue weighted by atomic mass is 19.4. The van der Waals surface area contributed by atoms with Crippen LogP contribution in [0.5, 0.6) is 0 Å². The third-order valence-electron chi connectivity index (χ3n) is 8.89. The number of alkyl halides is 3. The lowest BCUT2D eigenvalue weighted by atomic mass is 10.0. The maximum atomic E-state index is 13.6. The predicted molar refractivity (Wildman–Crippen MR) is 140 cm³/mol. The summed E-state index contributed by atoms with van der Waals surface area (Å²) in [5.41, 5.74) is 1.63. The van der Waals surface area contributed by atoms with E-state index in [-0.39, 0.29) is 11.6 Å². The van der Waals surface area contributed by atoms with Crippen molar-refractivity contribution in [2.24, 2.45) is 0 Å². The van der Waals surface area contributed by atoms with Crippen LogP contribution >= 0.6 is 0 Å². The summed E-state index contributed by atoms with van der Waals surface area (Å²) >= 11 is 0. The Balaban J connectivity index is 1.20. The van der Waals surface area contributed by atoms with Crippen LogP contribution < -0.4 is 10.2 Å². The number of pyridine rings is 1. The van der Waals surface area contributed by atoms with Crippen molar-refractivity contribution in [3.63, 3.8) is 0 Å². The molecule has 3 saturated heterocycles. The monoisotopic (exact) mass is 543 g/mol. The molecule has 2 amide bonds. The number of hydrogen-bond donors (Lipinski definition) is 2. The fraction of sp³-hybridized carbons (Fsp3) is 0.615. The van der Waals surface area contributed by atoms with Crippen molar-refractivity contribution in [1.82, 2.24) is 34.8 Å². The molecule has 3 aliphatic heterocycles. The number of halogens is 3. The Morgan fingerprint density at radius 3 is 2.79 bits per heavy atom. The number of urea groups is 1. The fourth-order valence-corrected chi connectivity index (χ4v) is 6.73. The van der Waals surface area contributed by atoms with E-state index in [9.17, 15) is 18.0 Å². The molecule has 3 aromatic heterocycles. The summed E-state index contributed by atoms with van der Waals surface area (Å²) in [6, 6.07) is 1.83. The van der Waals surface area contributed by atoms with Crippen LogP contribution in [0.3, 0.4) is 0 Å². The summed E-state index contributed by atoms with van der Waals surface area (Å²) in [6.45, 7) is 2.94. The van der Waals surface area contributed by atoms with Gasteiger partial charge in [0.25, 0.3) is 0 Å². The number of H-pyrrole nitrogens is 1. The molecule has 0 unspecified atom stereocenters. The number of carbonyl (C=O) groups excluding carboxylic acids is 1. The Bertz CT molecular complexity index is 1390. The van der Waals surface area contributed by atoms with Crippen LogP contribution in [0, 0.1) is 0 Å². The normalized spacial score (nSPS) is 23.0. The van der Waals surface area contributed by atoms with Crippen molar-refractivity contribution in [1.29, 1.82) is 0 Å². The molecule has 10 nitrogen and oxygen atoms in total. The molecule has 208 valence electrons. The zero-order valence-corrected chi connectivity index (χ0v) is 21.7. The first kappa shape index (κ1) is 24.7. The van der Waals surface area contributed by atoms with Crippen molar-refractivity contribution in [3.8, 4) is 11.4 Å². The standard InChI is InChI=1S/C26H32F3N9O/c27-26(28,29)16-38-21-12-19(30-13-18(21)23(34-38)36-11-10-35-8-3-4-17(35)15-36)22-20(14-31-33-22)32-24(39)37-9-2-1-5-25(37)6-7-25/h12-14,17H,1-11,15-16H2,(H,31,33)(H,32,39)/t17-/m0/s1. The molecule has 1 saturated carbocycles. The first-order valence-corrected chi connectivity index (χ1v) is 13.8. The maximum Gasteiger partial charge on any atom is 0.408 e. The van der Waals surface area contributed by atoms with Gasteiger partial charge in [0.2, 0.25) is 0 Å². The molecule has 4 fully saturated rings. The van der Waals surface area contributed by atoms with Gasteiger partial charge in [-0.15, -0.1) is 0 Å². The van der Waals surface area contributed by atoms with Crippen LogP contribution in [0.2, 0.25) is 0 Å². The number of piperidine rings is 1. The second kappa shape index (κ2) is 9.10. The van der Waals surface area contributed by atoms with Crippen molar-refractivity contribution in [2.75, 3.05) is 42.9 Å². The molecular weight excluding hydrogens is 511 g/mol. The maximum absolute atomic E-state index is 13.6. The average molecular weight is 544 g/mol. The van der Waals surface area contributed by atoms with E-state index in [2.05, 4.69) is 35.4 Å². The molecule has 0 radical (unpaired) electrons. The molecule has 2 N–H and O–H groups in total. The largest absolute Gasteiger partial charge is 0.408 e. The quantitative estimate of drug-likeness (QED) is 0.512. The van der Waals surface area contributed by atoms with Gasteiger partial charge in [0, 0.05) is 44.0 Å². The number of likely N-dealkylation sites (tertiary alicyclic amines) is 1. The van der Waals surface area contributed by atoms with E-state index in [1.54, 1.807) is 12.3 Å². The summed E-state index contributed by atoms with van der Waals surface area (Å²) < 4.78 is 41.7. The second-order valence-electron chi connectivity index (χ2n) is 11.4. The van der Waals surface area contributed by atoms with E-state index >= 15 is 0 Å². The molecule has 13 heteroatoms. The molecular formula is C26H32F3N9O. The highest BCUT2D eigenvalue weighted by Crippen LogP contribution is 2.48. The third kappa shape index (κ3) is 4.50. The van der Waals surface area contributed by atoms with E-state index in [1.165, 1.54) is 6.20 Å². The number of aromatic amines is 1. The number of rotatable bonds is 4. The zero-order chi connectivity index (χ0) is 26.8. The van der Waals surface area contributed by atoms with Gasteiger partial charge in [-0.1, -0.05) is 0 Å². The van der Waals surface area contributed by atoms with Crippen molar-refractivity contribution in [2.45, 2.75) is 69.2 Å². The first-order chi connectivity index (χ1) is 18.8. The van der Waals surface area contributed by atoms with Gasteiger partial charge in [-0.05, 0) is 57.6 Å². The topological polar surface area (TPSA) is 98.2 Å². The van der Waals surface area contributed by atoms with Crippen LogP contribution in [-0.4, -0.2) is 91.3 Å². The number of fused-ring (bicyclic) bond motifs is 2. The number of anilines is 2. The molecule has 0 bridgehead atoms. The van der Waals surface area contributed by atoms with Gasteiger partial charge in [0.1, 0.15) is 12.2 Å². The SMILES string of the molecule is O=C(Nc1cn[nH]c1-c1cc2c(cn1)c(N1CCN3CCC[C@H]3C1)nn2CC(F)(F)F)N1CCCCC12CC2. The van der Waals surface area contributed by atoms with Crippen LogP contribution in [-0.2, 0) is 6.54 Å². The lowest BCUT2D eigenvalue weighted by Gasteiger charge is -2.37. The summed E-state index contributed by atoms with van der Waals surface area (Å²) in [5.74, 6) is 0.540. The Labute approximate surface area is 223 Å². The molecule has 4 aliphatic rings. The molecule has 3 aromatic rings. The van der Waals surface area contributed by atoms with Gasteiger partial charge < -0.3 is 15.1 Å². The van der Waals surface area contributed by atoms with Crippen molar-refractivity contribution in [3.05, 3.63) is 18.5 Å².